The van der Waals surface area contributed by atoms with Crippen LogP contribution in [0.5, 0.6) is 23.0 Å². The van der Waals surface area contributed by atoms with Gasteiger partial charge in [-0.2, -0.15) is 5.26 Å². The normalized spacial score (nSPS) is 10.0. The molecule has 0 aliphatic rings. The molecule has 3 aromatic rings. The van der Waals surface area contributed by atoms with Crippen molar-refractivity contribution in [2.24, 2.45) is 0 Å². The molecule has 7 heteroatoms. The molecule has 0 saturated heterocycles. The molecule has 0 heterocycles. The van der Waals surface area contributed by atoms with Crippen LogP contribution in [-0.4, -0.2) is 19.6 Å². The van der Waals surface area contributed by atoms with Crippen LogP contribution in [-0.2, 0) is 11.3 Å². The van der Waals surface area contributed by atoms with Crippen LogP contribution in [0.25, 0.3) is 0 Å². The van der Waals surface area contributed by atoms with Crippen molar-refractivity contribution in [3.8, 4) is 29.1 Å². The lowest BCUT2D eigenvalue weighted by atomic mass is 10.2. The van der Waals surface area contributed by atoms with Crippen molar-refractivity contribution < 1.29 is 23.4 Å². The highest BCUT2D eigenvalue weighted by molar-refractivity contribution is 5.77. The summed E-state index contributed by atoms with van der Waals surface area (Å²) >= 11 is 0. The van der Waals surface area contributed by atoms with Crippen LogP contribution < -0.4 is 19.5 Å². The number of benzene rings is 3. The van der Waals surface area contributed by atoms with Gasteiger partial charge in [0.15, 0.2) is 18.1 Å². The van der Waals surface area contributed by atoms with Crippen LogP contribution in [0.4, 0.5) is 4.39 Å². The van der Waals surface area contributed by atoms with E-state index in [0.29, 0.717) is 35.1 Å². The number of nitriles is 1. The van der Waals surface area contributed by atoms with E-state index >= 15 is 0 Å². The van der Waals surface area contributed by atoms with E-state index in [0.717, 1.165) is 5.56 Å². The average Bonchev–Trinajstić information content (AvgIpc) is 2.78. The number of amides is 1. The topological polar surface area (TPSA) is 80.6 Å². The van der Waals surface area contributed by atoms with E-state index in [4.69, 9.17) is 19.5 Å². The smallest absolute Gasteiger partial charge is 0.258 e. The lowest BCUT2D eigenvalue weighted by Gasteiger charge is -2.11. The summed E-state index contributed by atoms with van der Waals surface area (Å²) in [5.41, 5.74) is 1.32. The minimum atomic E-state index is -0.324. The highest BCUT2D eigenvalue weighted by Crippen LogP contribution is 2.27. The number of carbonyl (C=O) groups excluding carboxylic acids is 1. The molecule has 0 unspecified atom stereocenters. The Morgan fingerprint density at radius 3 is 2.30 bits per heavy atom. The molecule has 0 aliphatic heterocycles. The standard InChI is InChI=1S/C23H19FN2O4/c1-28-22-12-17(13-25)4-11-21(22)29-15-23(27)26-14-16-2-7-19(8-3-16)30-20-9-5-18(24)6-10-20/h2-12H,14-15H2,1H3,(H,26,27). The monoisotopic (exact) mass is 406 g/mol. The maximum Gasteiger partial charge on any atom is 0.258 e. The fourth-order valence-corrected chi connectivity index (χ4v) is 2.57. The summed E-state index contributed by atoms with van der Waals surface area (Å²) < 4.78 is 29.2. The van der Waals surface area contributed by atoms with Gasteiger partial charge in [0.05, 0.1) is 18.7 Å². The van der Waals surface area contributed by atoms with Gasteiger partial charge in [-0.15, -0.1) is 0 Å². The summed E-state index contributed by atoms with van der Waals surface area (Å²) in [7, 11) is 1.47. The number of rotatable bonds is 8. The van der Waals surface area contributed by atoms with Crippen LogP contribution in [0.2, 0.25) is 0 Å². The summed E-state index contributed by atoms with van der Waals surface area (Å²) in [6.45, 7) is 0.136. The maximum atomic E-state index is 12.9. The van der Waals surface area contributed by atoms with Crippen molar-refractivity contribution in [2.75, 3.05) is 13.7 Å². The van der Waals surface area contributed by atoms with E-state index < -0.39 is 0 Å². The highest BCUT2D eigenvalue weighted by Gasteiger charge is 2.09. The van der Waals surface area contributed by atoms with Crippen LogP contribution in [0.3, 0.4) is 0 Å². The SMILES string of the molecule is COc1cc(C#N)ccc1OCC(=O)NCc1ccc(Oc2ccc(F)cc2)cc1. The molecule has 0 spiro atoms. The van der Waals surface area contributed by atoms with Crippen molar-refractivity contribution in [1.29, 1.82) is 5.26 Å². The van der Waals surface area contributed by atoms with Crippen molar-refractivity contribution >= 4 is 5.91 Å². The zero-order valence-electron chi connectivity index (χ0n) is 16.2. The van der Waals surface area contributed by atoms with Crippen LogP contribution in [0, 0.1) is 17.1 Å². The van der Waals surface area contributed by atoms with E-state index in [1.54, 1.807) is 42.5 Å². The van der Waals surface area contributed by atoms with Crippen molar-refractivity contribution in [3.63, 3.8) is 0 Å². The predicted molar refractivity (Wildman–Crippen MR) is 108 cm³/mol. The van der Waals surface area contributed by atoms with Gasteiger partial charge in [0.2, 0.25) is 0 Å². The molecule has 3 rings (SSSR count). The molecule has 1 amide bonds. The first kappa shape index (κ1) is 20.7. The molecule has 0 radical (unpaired) electrons. The van der Waals surface area contributed by atoms with Crippen LogP contribution in [0.1, 0.15) is 11.1 Å². The summed E-state index contributed by atoms with van der Waals surface area (Å²) in [6.07, 6.45) is 0. The Labute approximate surface area is 173 Å². The minimum absolute atomic E-state index is 0.186. The number of hydrogen-bond acceptors (Lipinski definition) is 5. The second kappa shape index (κ2) is 9.94. The van der Waals surface area contributed by atoms with Crippen molar-refractivity contribution in [2.45, 2.75) is 6.54 Å². The molecule has 6 nitrogen and oxygen atoms in total. The molecule has 152 valence electrons. The number of nitrogens with zero attached hydrogens (tertiary/aromatic N) is 1. The first-order chi connectivity index (χ1) is 14.6. The van der Waals surface area contributed by atoms with E-state index in [1.807, 2.05) is 18.2 Å². The quantitative estimate of drug-likeness (QED) is 0.607. The molecular formula is C23H19FN2O4. The number of nitrogens with one attached hydrogen (secondary N) is 1. The third kappa shape index (κ3) is 5.72. The van der Waals surface area contributed by atoms with Crippen LogP contribution in [0.15, 0.2) is 66.7 Å². The minimum Gasteiger partial charge on any atom is -0.493 e. The Balaban J connectivity index is 1.48. The Kier molecular flexibility index (Phi) is 6.85. The molecule has 0 fully saturated rings. The van der Waals surface area contributed by atoms with Gasteiger partial charge in [0, 0.05) is 12.6 Å². The zero-order valence-corrected chi connectivity index (χ0v) is 16.2. The van der Waals surface area contributed by atoms with Gasteiger partial charge >= 0.3 is 0 Å². The molecule has 0 saturated carbocycles. The predicted octanol–water partition coefficient (Wildman–Crippen LogP) is 4.19. The van der Waals surface area contributed by atoms with E-state index in [-0.39, 0.29) is 18.3 Å². The van der Waals surface area contributed by atoms with Gasteiger partial charge < -0.3 is 19.5 Å². The van der Waals surface area contributed by atoms with Crippen molar-refractivity contribution in [3.05, 3.63) is 83.7 Å². The van der Waals surface area contributed by atoms with Gasteiger partial charge in [-0.3, -0.25) is 4.79 Å². The fraction of sp³-hybridized carbons (Fsp3) is 0.130. The molecule has 0 aliphatic carbocycles. The number of halogens is 1. The first-order valence-corrected chi connectivity index (χ1v) is 9.07. The number of carbonyl (C=O) groups is 1. The zero-order chi connectivity index (χ0) is 21.3. The average molecular weight is 406 g/mol. The van der Waals surface area contributed by atoms with Crippen LogP contribution >= 0.6 is 0 Å². The van der Waals surface area contributed by atoms with Gasteiger partial charge in [-0.25, -0.2) is 4.39 Å². The third-order valence-corrected chi connectivity index (χ3v) is 4.11. The van der Waals surface area contributed by atoms with Gasteiger partial charge in [0.1, 0.15) is 17.3 Å². The lowest BCUT2D eigenvalue weighted by molar-refractivity contribution is -0.123. The van der Waals surface area contributed by atoms with Gasteiger partial charge in [-0.1, -0.05) is 12.1 Å². The first-order valence-electron chi connectivity index (χ1n) is 9.07. The molecule has 0 atom stereocenters. The molecule has 0 bridgehead atoms. The van der Waals surface area contributed by atoms with E-state index in [1.165, 1.54) is 19.2 Å². The van der Waals surface area contributed by atoms with Gasteiger partial charge in [0.25, 0.3) is 5.91 Å². The number of hydrogen-bond donors (Lipinski definition) is 1. The number of methoxy groups -OCH3 is 1. The molecular weight excluding hydrogens is 387 g/mol. The summed E-state index contributed by atoms with van der Waals surface area (Å²) in [4.78, 5) is 12.1. The van der Waals surface area contributed by atoms with E-state index in [2.05, 4.69) is 5.32 Å². The maximum absolute atomic E-state index is 12.9. The molecule has 0 aromatic heterocycles. The Morgan fingerprint density at radius 2 is 1.67 bits per heavy atom. The Hall–Kier alpha value is -4.05. The highest BCUT2D eigenvalue weighted by atomic mass is 19.1. The van der Waals surface area contributed by atoms with Crippen molar-refractivity contribution in [1.82, 2.24) is 5.32 Å². The Morgan fingerprint density at radius 1 is 1.00 bits per heavy atom. The third-order valence-electron chi connectivity index (χ3n) is 4.11. The second-order valence-electron chi connectivity index (χ2n) is 6.24. The number of ether oxygens (including phenoxy) is 3. The summed E-state index contributed by atoms with van der Waals surface area (Å²) in [6, 6.07) is 19.7. The molecule has 3 aromatic carbocycles. The molecule has 30 heavy (non-hydrogen) atoms. The fourth-order valence-electron chi connectivity index (χ4n) is 2.57. The van der Waals surface area contributed by atoms with Gasteiger partial charge in [-0.05, 0) is 54.1 Å². The summed E-state index contributed by atoms with van der Waals surface area (Å²) in [5, 5.41) is 11.7. The summed E-state index contributed by atoms with van der Waals surface area (Å²) in [5.74, 6) is 1.29. The second-order valence-corrected chi connectivity index (χ2v) is 6.24. The van der Waals surface area contributed by atoms with E-state index in [9.17, 15) is 9.18 Å². The Bertz CT molecular complexity index is 1040. The largest absolute Gasteiger partial charge is 0.493 e. The lowest BCUT2D eigenvalue weighted by Crippen LogP contribution is -2.28. The molecule has 1 N–H and O–H groups in total.